The van der Waals surface area contributed by atoms with Crippen molar-refractivity contribution in [2.24, 2.45) is 0 Å². The number of carbonyl (C=O) groups excluding carboxylic acids is 1. The lowest BCUT2D eigenvalue weighted by atomic mass is 9.93. The maximum atomic E-state index is 12.9. The fourth-order valence-electron chi connectivity index (χ4n) is 2.89. The number of ether oxygens (including phenoxy) is 1. The van der Waals surface area contributed by atoms with Crippen LogP contribution in [0.4, 0.5) is 18.0 Å². The second-order valence-electron chi connectivity index (χ2n) is 7.79. The highest BCUT2D eigenvalue weighted by molar-refractivity contribution is 5.68. The molecular weight excluding hydrogens is 401 g/mol. The Hall–Kier alpha value is -3.10. The topological polar surface area (TPSA) is 81.5 Å². The molecule has 30 heavy (non-hydrogen) atoms. The molecule has 1 N–H and O–H groups in total. The standard InChI is InChI=1S/C21H23F3N2O4/c1-20(2,3)30-19(27)25-18(15-9-11-16(12-10-15)21(22,23)24)17(26(28)29)13-14-7-5-4-6-8-14/h4-12,17-18H,13H2,1-3H3,(H,25,27)/t17-,18+/m0/s1. The predicted molar refractivity (Wildman–Crippen MR) is 104 cm³/mol. The normalized spacial score (nSPS) is 13.9. The molecule has 2 aromatic rings. The molecule has 2 aromatic carbocycles. The third-order valence-corrected chi connectivity index (χ3v) is 4.21. The van der Waals surface area contributed by atoms with Crippen LogP contribution in [0.25, 0.3) is 0 Å². The van der Waals surface area contributed by atoms with Gasteiger partial charge in [0.25, 0.3) is 0 Å². The predicted octanol–water partition coefficient (Wildman–Crippen LogP) is 5.16. The maximum absolute atomic E-state index is 12.9. The number of amides is 1. The Kier molecular flexibility index (Phi) is 7.07. The number of nitrogens with zero attached hydrogens (tertiary/aromatic N) is 1. The number of hydrogen-bond acceptors (Lipinski definition) is 4. The van der Waals surface area contributed by atoms with Gasteiger partial charge in [0.05, 0.1) is 5.56 Å². The van der Waals surface area contributed by atoms with Crippen LogP contribution < -0.4 is 5.32 Å². The van der Waals surface area contributed by atoms with Crippen LogP contribution in [-0.4, -0.2) is 22.7 Å². The largest absolute Gasteiger partial charge is 0.444 e. The summed E-state index contributed by atoms with van der Waals surface area (Å²) in [5, 5.41) is 14.3. The van der Waals surface area contributed by atoms with Gasteiger partial charge < -0.3 is 10.1 Å². The molecule has 1 amide bonds. The highest BCUT2D eigenvalue weighted by Crippen LogP contribution is 2.31. The number of alkyl halides is 3. The summed E-state index contributed by atoms with van der Waals surface area (Å²) in [7, 11) is 0. The molecule has 0 unspecified atom stereocenters. The van der Waals surface area contributed by atoms with Gasteiger partial charge in [-0.2, -0.15) is 13.2 Å². The van der Waals surface area contributed by atoms with Gasteiger partial charge in [0, 0.05) is 11.3 Å². The summed E-state index contributed by atoms with van der Waals surface area (Å²) in [6.45, 7) is 4.90. The Morgan fingerprint density at radius 3 is 2.10 bits per heavy atom. The number of benzene rings is 2. The third-order valence-electron chi connectivity index (χ3n) is 4.21. The van der Waals surface area contributed by atoms with Gasteiger partial charge in [-0.05, 0) is 44.0 Å². The summed E-state index contributed by atoms with van der Waals surface area (Å²) >= 11 is 0. The molecule has 0 fully saturated rings. The van der Waals surface area contributed by atoms with Crippen LogP contribution in [0.5, 0.6) is 0 Å². The smallest absolute Gasteiger partial charge is 0.416 e. The van der Waals surface area contributed by atoms with E-state index < -0.39 is 40.4 Å². The fraction of sp³-hybridized carbons (Fsp3) is 0.381. The van der Waals surface area contributed by atoms with E-state index in [1.54, 1.807) is 51.1 Å². The molecule has 2 rings (SSSR count). The molecule has 0 aliphatic heterocycles. The van der Waals surface area contributed by atoms with Gasteiger partial charge >= 0.3 is 12.3 Å². The van der Waals surface area contributed by atoms with Crippen LogP contribution in [0.2, 0.25) is 0 Å². The van der Waals surface area contributed by atoms with E-state index in [1.165, 1.54) is 0 Å². The fourth-order valence-corrected chi connectivity index (χ4v) is 2.89. The SMILES string of the molecule is CC(C)(C)OC(=O)N[C@H](c1ccc(C(F)(F)F)cc1)[C@H](Cc1ccccc1)[N+](=O)[O-]. The first kappa shape index (κ1) is 23.2. The van der Waals surface area contributed by atoms with E-state index in [4.69, 9.17) is 4.74 Å². The molecule has 0 saturated carbocycles. The van der Waals surface area contributed by atoms with E-state index in [-0.39, 0.29) is 12.0 Å². The zero-order chi connectivity index (χ0) is 22.5. The molecule has 0 aliphatic carbocycles. The molecule has 0 aromatic heterocycles. The first-order chi connectivity index (χ1) is 13.9. The number of nitro groups is 1. The molecule has 0 radical (unpaired) electrons. The number of alkyl carbamates (subject to hydrolysis) is 1. The van der Waals surface area contributed by atoms with Gasteiger partial charge in [0.1, 0.15) is 11.6 Å². The number of nitrogens with one attached hydrogen (secondary N) is 1. The Morgan fingerprint density at radius 1 is 1.07 bits per heavy atom. The van der Waals surface area contributed by atoms with Crippen molar-refractivity contribution < 1.29 is 27.6 Å². The summed E-state index contributed by atoms with van der Waals surface area (Å²) in [5.74, 6) is 0. The van der Waals surface area contributed by atoms with E-state index >= 15 is 0 Å². The lowest BCUT2D eigenvalue weighted by Gasteiger charge is -2.26. The number of halogens is 3. The van der Waals surface area contributed by atoms with Gasteiger partial charge in [0.15, 0.2) is 0 Å². The van der Waals surface area contributed by atoms with Crippen LogP contribution in [0.1, 0.15) is 43.5 Å². The zero-order valence-electron chi connectivity index (χ0n) is 16.8. The lowest BCUT2D eigenvalue weighted by Crippen LogP contribution is -2.43. The van der Waals surface area contributed by atoms with E-state index in [2.05, 4.69) is 5.32 Å². The van der Waals surface area contributed by atoms with Crippen molar-refractivity contribution >= 4 is 6.09 Å². The molecular formula is C21H23F3N2O4. The highest BCUT2D eigenvalue weighted by Gasteiger charge is 2.36. The zero-order valence-corrected chi connectivity index (χ0v) is 16.8. The Bertz CT molecular complexity index is 863. The number of rotatable bonds is 6. The van der Waals surface area contributed by atoms with Crippen LogP contribution in [-0.2, 0) is 17.3 Å². The monoisotopic (exact) mass is 424 g/mol. The molecule has 0 saturated heterocycles. The minimum Gasteiger partial charge on any atom is -0.444 e. The van der Waals surface area contributed by atoms with Crippen molar-refractivity contribution in [1.82, 2.24) is 5.32 Å². The Morgan fingerprint density at radius 2 is 1.63 bits per heavy atom. The van der Waals surface area contributed by atoms with Gasteiger partial charge in [0.2, 0.25) is 6.04 Å². The Labute approximate surface area is 172 Å². The van der Waals surface area contributed by atoms with E-state index in [0.717, 1.165) is 24.3 Å². The number of hydrogen-bond donors (Lipinski definition) is 1. The molecule has 0 bridgehead atoms. The van der Waals surface area contributed by atoms with E-state index in [1.807, 2.05) is 0 Å². The minimum absolute atomic E-state index is 0.0324. The van der Waals surface area contributed by atoms with Crippen LogP contribution in [0.3, 0.4) is 0 Å². The van der Waals surface area contributed by atoms with E-state index in [9.17, 15) is 28.1 Å². The van der Waals surface area contributed by atoms with E-state index in [0.29, 0.717) is 5.56 Å². The molecule has 9 heteroatoms. The van der Waals surface area contributed by atoms with Crippen molar-refractivity contribution in [2.75, 3.05) is 0 Å². The van der Waals surface area contributed by atoms with Gasteiger partial charge in [-0.15, -0.1) is 0 Å². The van der Waals surface area contributed by atoms with Crippen molar-refractivity contribution in [2.45, 2.75) is 51.1 Å². The van der Waals surface area contributed by atoms with Crippen molar-refractivity contribution in [3.63, 3.8) is 0 Å². The Balaban J connectivity index is 2.40. The van der Waals surface area contributed by atoms with Gasteiger partial charge in [-0.3, -0.25) is 10.1 Å². The second kappa shape index (κ2) is 9.15. The summed E-state index contributed by atoms with van der Waals surface area (Å²) in [6, 6.07) is 10.0. The molecule has 6 nitrogen and oxygen atoms in total. The highest BCUT2D eigenvalue weighted by atomic mass is 19.4. The molecule has 0 aliphatic rings. The lowest BCUT2D eigenvalue weighted by molar-refractivity contribution is -0.527. The summed E-state index contributed by atoms with van der Waals surface area (Å²) < 4.78 is 43.9. The van der Waals surface area contributed by atoms with Crippen molar-refractivity contribution in [3.05, 3.63) is 81.4 Å². The van der Waals surface area contributed by atoms with Crippen molar-refractivity contribution in [3.8, 4) is 0 Å². The van der Waals surface area contributed by atoms with Gasteiger partial charge in [-0.1, -0.05) is 42.5 Å². The summed E-state index contributed by atoms with van der Waals surface area (Å²) in [6.07, 6.45) is -5.47. The first-order valence-corrected chi connectivity index (χ1v) is 9.21. The summed E-state index contributed by atoms with van der Waals surface area (Å²) in [5.41, 5.74) is -0.908. The van der Waals surface area contributed by atoms with Crippen LogP contribution in [0.15, 0.2) is 54.6 Å². The van der Waals surface area contributed by atoms with Crippen LogP contribution >= 0.6 is 0 Å². The second-order valence-corrected chi connectivity index (χ2v) is 7.79. The first-order valence-electron chi connectivity index (χ1n) is 9.21. The third kappa shape index (κ3) is 6.75. The molecule has 0 heterocycles. The maximum Gasteiger partial charge on any atom is 0.416 e. The molecule has 0 spiro atoms. The quantitative estimate of drug-likeness (QED) is 0.513. The average molecular weight is 424 g/mol. The van der Waals surface area contributed by atoms with Crippen LogP contribution in [0, 0.1) is 10.1 Å². The molecule has 162 valence electrons. The summed E-state index contributed by atoms with van der Waals surface area (Å²) in [4.78, 5) is 23.6. The number of carbonyl (C=O) groups is 1. The molecule has 2 atom stereocenters. The minimum atomic E-state index is -4.54. The van der Waals surface area contributed by atoms with Crippen molar-refractivity contribution in [1.29, 1.82) is 0 Å². The average Bonchev–Trinajstić information content (AvgIpc) is 2.63. The van der Waals surface area contributed by atoms with Gasteiger partial charge in [-0.25, -0.2) is 4.79 Å².